The summed E-state index contributed by atoms with van der Waals surface area (Å²) in [5, 5.41) is 14.9. The maximum atomic E-state index is 10.2. The fourth-order valence-corrected chi connectivity index (χ4v) is 5.95. The summed E-state index contributed by atoms with van der Waals surface area (Å²) in [6.45, 7) is 0. The predicted octanol–water partition coefficient (Wildman–Crippen LogP) is 6.68. The molecule has 0 aromatic heterocycles. The van der Waals surface area contributed by atoms with Gasteiger partial charge in [-0.25, -0.2) is 0 Å². The monoisotopic (exact) mass is 425 g/mol. The Balaban J connectivity index is 1.81. The van der Waals surface area contributed by atoms with Crippen molar-refractivity contribution < 1.29 is 9.47 Å². The first kappa shape index (κ1) is 19.8. The maximum Gasteiger partial charge on any atom is 0.161 e. The first-order chi connectivity index (χ1) is 15.2. The summed E-state index contributed by atoms with van der Waals surface area (Å²) >= 11 is 1.69. The molecule has 0 aliphatic heterocycles. The number of hydrogen-bond donors (Lipinski definition) is 0. The number of aryl methyl sites for hydroxylation is 1. The summed E-state index contributed by atoms with van der Waals surface area (Å²) < 4.78 is 11.0. The lowest BCUT2D eigenvalue weighted by atomic mass is 9.87. The molecule has 4 aromatic rings. The summed E-state index contributed by atoms with van der Waals surface area (Å²) in [6.07, 6.45) is 4.11. The molecule has 31 heavy (non-hydrogen) atoms. The molecule has 1 aliphatic rings. The Kier molecular flexibility index (Phi) is 5.00. The van der Waals surface area contributed by atoms with Gasteiger partial charge in [0.15, 0.2) is 11.5 Å². The molecule has 0 saturated heterocycles. The Morgan fingerprint density at radius 3 is 2.52 bits per heavy atom. The van der Waals surface area contributed by atoms with Crippen LogP contribution in [0.3, 0.4) is 0 Å². The van der Waals surface area contributed by atoms with Gasteiger partial charge in [-0.15, -0.1) is 11.8 Å². The number of fused-ring (bicyclic) bond motifs is 5. The normalized spacial score (nSPS) is 15.1. The van der Waals surface area contributed by atoms with Crippen LogP contribution in [0.5, 0.6) is 11.5 Å². The molecule has 1 unspecified atom stereocenters. The highest BCUT2D eigenvalue weighted by Gasteiger charge is 2.32. The molecule has 0 saturated carbocycles. The van der Waals surface area contributed by atoms with Crippen molar-refractivity contribution in [2.24, 2.45) is 0 Å². The minimum atomic E-state index is 0.236. The van der Waals surface area contributed by atoms with Crippen molar-refractivity contribution in [3.63, 3.8) is 0 Å². The van der Waals surface area contributed by atoms with Gasteiger partial charge in [0.1, 0.15) is 6.07 Å². The van der Waals surface area contributed by atoms with Crippen LogP contribution in [0.15, 0.2) is 59.5 Å². The van der Waals surface area contributed by atoms with Crippen LogP contribution in [0, 0.1) is 11.3 Å². The number of nitrogens with zero attached hydrogens (tertiary/aromatic N) is 1. The van der Waals surface area contributed by atoms with E-state index < -0.39 is 0 Å². The van der Waals surface area contributed by atoms with Gasteiger partial charge in [0.05, 0.1) is 19.8 Å². The molecule has 1 atom stereocenters. The van der Waals surface area contributed by atoms with E-state index in [4.69, 9.17) is 9.47 Å². The standard InChI is InChI=1S/C27H23NO2S/c1-29-23-13-9-17(14-24(23)30-2)19-11-12-21-20-10-8-16-6-4-5-7-18(16)25(20)22(15-28)27(31-3)26(19)21/h4-10,13-14,19H,11-12H2,1-3H3. The third kappa shape index (κ3) is 2.96. The van der Waals surface area contributed by atoms with Crippen molar-refractivity contribution in [1.82, 2.24) is 0 Å². The third-order valence-electron chi connectivity index (χ3n) is 6.46. The summed E-state index contributed by atoms with van der Waals surface area (Å²) in [7, 11) is 3.33. The summed E-state index contributed by atoms with van der Waals surface area (Å²) in [6, 6.07) is 21.5. The van der Waals surface area contributed by atoms with Gasteiger partial charge >= 0.3 is 0 Å². The van der Waals surface area contributed by atoms with E-state index in [-0.39, 0.29) is 5.92 Å². The van der Waals surface area contributed by atoms with Crippen molar-refractivity contribution in [1.29, 1.82) is 5.26 Å². The average Bonchev–Trinajstić information content (AvgIpc) is 3.27. The van der Waals surface area contributed by atoms with E-state index in [1.807, 2.05) is 6.07 Å². The van der Waals surface area contributed by atoms with Gasteiger partial charge in [-0.05, 0) is 64.1 Å². The molecular formula is C27H23NO2S. The van der Waals surface area contributed by atoms with Crippen molar-refractivity contribution in [3.8, 4) is 17.6 Å². The van der Waals surface area contributed by atoms with Crippen molar-refractivity contribution in [2.75, 3.05) is 20.5 Å². The van der Waals surface area contributed by atoms with E-state index in [1.54, 1.807) is 26.0 Å². The number of methoxy groups -OCH3 is 2. The number of rotatable bonds is 4. The molecule has 0 heterocycles. The van der Waals surface area contributed by atoms with Gasteiger partial charge in [0, 0.05) is 16.2 Å². The molecule has 5 rings (SSSR count). The van der Waals surface area contributed by atoms with E-state index in [0.717, 1.165) is 45.6 Å². The number of nitriles is 1. The Labute approximate surface area is 186 Å². The molecular weight excluding hydrogens is 402 g/mol. The van der Waals surface area contributed by atoms with E-state index in [2.05, 4.69) is 60.9 Å². The Hall–Kier alpha value is -3.16. The van der Waals surface area contributed by atoms with Crippen molar-refractivity contribution >= 4 is 33.3 Å². The number of benzene rings is 4. The SMILES string of the molecule is COc1ccc(C2CCc3c2c(SC)c(C#N)c2c3ccc3ccccc32)cc1OC. The highest BCUT2D eigenvalue weighted by Crippen LogP contribution is 2.50. The fraction of sp³-hybridized carbons (Fsp3) is 0.222. The van der Waals surface area contributed by atoms with Crippen LogP contribution in [0.2, 0.25) is 0 Å². The maximum absolute atomic E-state index is 10.2. The van der Waals surface area contributed by atoms with Crippen LogP contribution in [0.4, 0.5) is 0 Å². The zero-order chi connectivity index (χ0) is 21.5. The van der Waals surface area contributed by atoms with Crippen LogP contribution < -0.4 is 9.47 Å². The largest absolute Gasteiger partial charge is 0.493 e. The lowest BCUT2D eigenvalue weighted by Gasteiger charge is -2.20. The van der Waals surface area contributed by atoms with Crippen LogP contribution >= 0.6 is 11.8 Å². The quantitative estimate of drug-likeness (QED) is 0.270. The number of hydrogen-bond acceptors (Lipinski definition) is 4. The second-order valence-electron chi connectivity index (χ2n) is 7.83. The van der Waals surface area contributed by atoms with Gasteiger partial charge in [-0.2, -0.15) is 5.26 Å². The highest BCUT2D eigenvalue weighted by atomic mass is 32.2. The van der Waals surface area contributed by atoms with Crippen LogP contribution in [0.25, 0.3) is 21.5 Å². The minimum absolute atomic E-state index is 0.236. The lowest BCUT2D eigenvalue weighted by Crippen LogP contribution is -2.02. The second kappa shape index (κ2) is 7.83. The Morgan fingerprint density at radius 1 is 0.968 bits per heavy atom. The van der Waals surface area contributed by atoms with Gasteiger partial charge in [-0.3, -0.25) is 0 Å². The molecule has 4 aromatic carbocycles. The van der Waals surface area contributed by atoms with Crippen molar-refractivity contribution in [2.45, 2.75) is 23.7 Å². The Bertz CT molecular complexity index is 1370. The zero-order valence-corrected chi connectivity index (χ0v) is 18.7. The first-order valence-corrected chi connectivity index (χ1v) is 11.6. The average molecular weight is 426 g/mol. The highest BCUT2D eigenvalue weighted by molar-refractivity contribution is 7.98. The van der Waals surface area contributed by atoms with Gasteiger partial charge < -0.3 is 9.47 Å². The number of thioether (sulfide) groups is 1. The summed E-state index contributed by atoms with van der Waals surface area (Å²) in [4.78, 5) is 1.11. The van der Waals surface area contributed by atoms with Crippen LogP contribution in [-0.2, 0) is 6.42 Å². The minimum Gasteiger partial charge on any atom is -0.493 e. The smallest absolute Gasteiger partial charge is 0.161 e. The van der Waals surface area contributed by atoms with Crippen LogP contribution in [0.1, 0.15) is 34.6 Å². The molecule has 0 N–H and O–H groups in total. The zero-order valence-electron chi connectivity index (χ0n) is 17.9. The predicted molar refractivity (Wildman–Crippen MR) is 128 cm³/mol. The molecule has 0 amide bonds. The topological polar surface area (TPSA) is 42.2 Å². The van der Waals surface area contributed by atoms with Gasteiger partial charge in [-0.1, -0.05) is 42.5 Å². The molecule has 1 aliphatic carbocycles. The lowest BCUT2D eigenvalue weighted by molar-refractivity contribution is 0.354. The summed E-state index contributed by atoms with van der Waals surface area (Å²) in [5.74, 6) is 1.71. The van der Waals surface area contributed by atoms with Gasteiger partial charge in [0.25, 0.3) is 0 Å². The second-order valence-corrected chi connectivity index (χ2v) is 8.64. The molecule has 0 fully saturated rings. The number of ether oxygens (including phenoxy) is 2. The first-order valence-electron chi connectivity index (χ1n) is 10.4. The molecule has 3 nitrogen and oxygen atoms in total. The molecule has 4 heteroatoms. The van der Waals surface area contributed by atoms with Crippen LogP contribution in [-0.4, -0.2) is 20.5 Å². The third-order valence-corrected chi connectivity index (χ3v) is 7.29. The van der Waals surface area contributed by atoms with E-state index in [1.165, 1.54) is 27.5 Å². The fourth-order valence-electron chi connectivity index (χ4n) is 5.12. The Morgan fingerprint density at radius 2 is 1.77 bits per heavy atom. The van der Waals surface area contributed by atoms with E-state index in [0.29, 0.717) is 0 Å². The summed E-state index contributed by atoms with van der Waals surface area (Å²) in [5.41, 5.74) is 4.68. The van der Waals surface area contributed by atoms with E-state index in [9.17, 15) is 5.26 Å². The molecule has 154 valence electrons. The molecule has 0 bridgehead atoms. The van der Waals surface area contributed by atoms with Crippen molar-refractivity contribution in [3.05, 3.63) is 76.9 Å². The van der Waals surface area contributed by atoms with E-state index >= 15 is 0 Å². The molecule has 0 radical (unpaired) electrons. The molecule has 0 spiro atoms. The van der Waals surface area contributed by atoms with Gasteiger partial charge in [0.2, 0.25) is 0 Å².